The monoisotopic (exact) mass is 477 g/mol. The molecule has 0 radical (unpaired) electrons. The van der Waals surface area contributed by atoms with Crippen LogP contribution in [0.2, 0.25) is 0 Å². The van der Waals surface area contributed by atoms with E-state index >= 15 is 0 Å². The van der Waals surface area contributed by atoms with Gasteiger partial charge in [-0.25, -0.2) is 0 Å². The predicted molar refractivity (Wildman–Crippen MR) is 120 cm³/mol. The summed E-state index contributed by atoms with van der Waals surface area (Å²) in [7, 11) is 0. The minimum Gasteiger partial charge on any atom is -0.378 e. The number of nitrogens with zero attached hydrogens (tertiary/aromatic N) is 2. The number of anilines is 1. The smallest absolute Gasteiger partial charge is 0.254 e. The highest BCUT2D eigenvalue weighted by Gasteiger charge is 2.37. The SMILES string of the molecule is CC1=C(C(=O)N2CCOCC2)C(c2cc(Br)cs2)NC(=S)N1c1ccccc1. The molecule has 0 saturated carbocycles. The fourth-order valence-corrected chi connectivity index (χ4v) is 5.40. The first-order valence-electron chi connectivity index (χ1n) is 9.03. The number of morpholine rings is 1. The van der Waals surface area contributed by atoms with Crippen molar-refractivity contribution in [1.29, 1.82) is 0 Å². The number of hydrogen-bond acceptors (Lipinski definition) is 4. The van der Waals surface area contributed by atoms with Crippen LogP contribution >= 0.6 is 39.5 Å². The van der Waals surface area contributed by atoms with Crippen LogP contribution in [-0.2, 0) is 9.53 Å². The predicted octanol–water partition coefficient (Wildman–Crippen LogP) is 4.08. The molecule has 1 aromatic carbocycles. The maximum absolute atomic E-state index is 13.5. The first-order chi connectivity index (χ1) is 13.6. The Morgan fingerprint density at radius 2 is 2.00 bits per heavy atom. The van der Waals surface area contributed by atoms with E-state index in [9.17, 15) is 4.79 Å². The molecular weight excluding hydrogens is 458 g/mol. The van der Waals surface area contributed by atoms with Crippen molar-refractivity contribution in [2.75, 3.05) is 31.2 Å². The highest BCUT2D eigenvalue weighted by Crippen LogP contribution is 2.37. The second-order valence-electron chi connectivity index (χ2n) is 6.62. The van der Waals surface area contributed by atoms with E-state index in [1.807, 2.05) is 58.5 Å². The first kappa shape index (κ1) is 19.6. The molecule has 1 fully saturated rings. The largest absolute Gasteiger partial charge is 0.378 e. The summed E-state index contributed by atoms with van der Waals surface area (Å²) in [5.41, 5.74) is 2.53. The third-order valence-electron chi connectivity index (χ3n) is 4.90. The molecular formula is C20H20BrN3O2S2. The summed E-state index contributed by atoms with van der Waals surface area (Å²) < 4.78 is 6.43. The number of benzene rings is 1. The fraction of sp³-hybridized carbons (Fsp3) is 0.300. The van der Waals surface area contributed by atoms with Crippen molar-refractivity contribution in [2.45, 2.75) is 13.0 Å². The van der Waals surface area contributed by atoms with Crippen molar-refractivity contribution in [2.24, 2.45) is 0 Å². The fourth-order valence-electron chi connectivity index (χ4n) is 3.54. The Kier molecular flexibility index (Phi) is 5.82. The molecule has 3 heterocycles. The van der Waals surface area contributed by atoms with Crippen LogP contribution < -0.4 is 10.2 Å². The summed E-state index contributed by atoms with van der Waals surface area (Å²) in [4.78, 5) is 18.4. The summed E-state index contributed by atoms with van der Waals surface area (Å²) in [5, 5.41) is 6.02. The molecule has 0 bridgehead atoms. The summed E-state index contributed by atoms with van der Waals surface area (Å²) in [6, 6.07) is 11.7. The molecule has 5 nitrogen and oxygen atoms in total. The van der Waals surface area contributed by atoms with Crippen molar-refractivity contribution in [3.8, 4) is 0 Å². The zero-order valence-electron chi connectivity index (χ0n) is 15.4. The number of hydrogen-bond donors (Lipinski definition) is 1. The maximum Gasteiger partial charge on any atom is 0.254 e. The van der Waals surface area contributed by atoms with Crippen molar-refractivity contribution in [1.82, 2.24) is 10.2 Å². The van der Waals surface area contributed by atoms with Gasteiger partial charge in [0.2, 0.25) is 0 Å². The third kappa shape index (κ3) is 3.74. The minimum atomic E-state index is -0.265. The second kappa shape index (κ2) is 8.32. The minimum absolute atomic E-state index is 0.0336. The normalized spacial score (nSPS) is 20.4. The molecule has 1 unspecified atom stereocenters. The molecule has 1 saturated heterocycles. The van der Waals surface area contributed by atoms with E-state index in [0.717, 1.165) is 26.3 Å². The lowest BCUT2D eigenvalue weighted by Crippen LogP contribution is -2.51. The summed E-state index contributed by atoms with van der Waals surface area (Å²) >= 11 is 10.8. The highest BCUT2D eigenvalue weighted by atomic mass is 79.9. The Balaban J connectivity index is 1.80. The second-order valence-corrected chi connectivity index (χ2v) is 8.87. The van der Waals surface area contributed by atoms with Crippen LogP contribution in [0.4, 0.5) is 5.69 Å². The van der Waals surface area contributed by atoms with E-state index in [4.69, 9.17) is 17.0 Å². The van der Waals surface area contributed by atoms with Gasteiger partial charge >= 0.3 is 0 Å². The van der Waals surface area contributed by atoms with Gasteiger partial charge in [0.25, 0.3) is 5.91 Å². The van der Waals surface area contributed by atoms with Gasteiger partial charge in [0.05, 0.1) is 24.8 Å². The molecule has 1 atom stereocenters. The number of rotatable bonds is 3. The number of thiocarbonyl (C=S) groups is 1. The number of ether oxygens (including phenoxy) is 1. The standard InChI is InChI=1S/C20H20BrN3O2S2/c1-13-17(19(25)23-7-9-26-10-8-23)18(16-11-14(21)12-28-16)22-20(27)24(13)15-5-3-2-4-6-15/h2-6,11-12,18H,7-10H2,1H3,(H,22,27). The highest BCUT2D eigenvalue weighted by molar-refractivity contribution is 9.10. The Labute approximate surface area is 182 Å². The van der Waals surface area contributed by atoms with Crippen LogP contribution in [0.1, 0.15) is 17.8 Å². The quantitative estimate of drug-likeness (QED) is 0.674. The number of carbonyl (C=O) groups excluding carboxylic acids is 1. The Hall–Kier alpha value is -1.74. The van der Waals surface area contributed by atoms with Gasteiger partial charge in [0, 0.05) is 39.2 Å². The van der Waals surface area contributed by atoms with Crippen LogP contribution in [0, 0.1) is 0 Å². The van der Waals surface area contributed by atoms with E-state index in [2.05, 4.69) is 21.2 Å². The number of halogens is 1. The van der Waals surface area contributed by atoms with Crippen molar-refractivity contribution < 1.29 is 9.53 Å². The lowest BCUT2D eigenvalue weighted by molar-refractivity contribution is -0.131. The molecule has 28 heavy (non-hydrogen) atoms. The lowest BCUT2D eigenvalue weighted by atomic mass is 9.98. The molecule has 4 rings (SSSR count). The summed E-state index contributed by atoms with van der Waals surface area (Å²) in [5.74, 6) is 0.0336. The molecule has 1 aromatic heterocycles. The van der Waals surface area contributed by atoms with Crippen molar-refractivity contribution in [3.63, 3.8) is 0 Å². The van der Waals surface area contributed by atoms with Gasteiger partial charge in [-0.1, -0.05) is 18.2 Å². The maximum atomic E-state index is 13.5. The van der Waals surface area contributed by atoms with Crippen LogP contribution in [-0.4, -0.2) is 42.2 Å². The van der Waals surface area contributed by atoms with Crippen molar-refractivity contribution in [3.05, 3.63) is 62.4 Å². The van der Waals surface area contributed by atoms with Gasteiger partial charge < -0.3 is 15.0 Å². The van der Waals surface area contributed by atoms with E-state index in [-0.39, 0.29) is 11.9 Å². The number of amides is 1. The van der Waals surface area contributed by atoms with Gasteiger partial charge in [0.1, 0.15) is 0 Å². The molecule has 8 heteroatoms. The molecule has 146 valence electrons. The number of allylic oxidation sites excluding steroid dienone is 1. The Morgan fingerprint density at radius 1 is 1.29 bits per heavy atom. The molecule has 1 amide bonds. The van der Waals surface area contributed by atoms with Gasteiger partial charge in [-0.15, -0.1) is 11.3 Å². The van der Waals surface area contributed by atoms with Crippen LogP contribution in [0.5, 0.6) is 0 Å². The molecule has 2 aliphatic heterocycles. The Morgan fingerprint density at radius 3 is 2.64 bits per heavy atom. The lowest BCUT2D eigenvalue weighted by Gasteiger charge is -2.39. The molecule has 2 aliphatic rings. The Bertz CT molecular complexity index is 923. The van der Waals surface area contributed by atoms with Crippen LogP contribution in [0.3, 0.4) is 0 Å². The zero-order chi connectivity index (χ0) is 19.7. The van der Waals surface area contributed by atoms with Gasteiger partial charge in [-0.05, 0) is 53.3 Å². The van der Waals surface area contributed by atoms with Crippen molar-refractivity contribution >= 4 is 56.2 Å². The average molecular weight is 478 g/mol. The van der Waals surface area contributed by atoms with Gasteiger partial charge in [-0.3, -0.25) is 9.69 Å². The number of carbonyl (C=O) groups is 1. The van der Waals surface area contributed by atoms with Gasteiger partial charge in [0.15, 0.2) is 5.11 Å². The van der Waals surface area contributed by atoms with Crippen LogP contribution in [0.15, 0.2) is 57.5 Å². The summed E-state index contributed by atoms with van der Waals surface area (Å²) in [6.45, 7) is 4.32. The van der Waals surface area contributed by atoms with E-state index in [0.29, 0.717) is 31.4 Å². The molecule has 1 N–H and O–H groups in total. The molecule has 2 aromatic rings. The number of nitrogens with one attached hydrogen (secondary N) is 1. The van der Waals surface area contributed by atoms with E-state index < -0.39 is 0 Å². The number of para-hydroxylation sites is 1. The average Bonchev–Trinajstić information content (AvgIpc) is 3.15. The van der Waals surface area contributed by atoms with Gasteiger partial charge in [-0.2, -0.15) is 0 Å². The summed E-state index contributed by atoms with van der Waals surface area (Å²) in [6.07, 6.45) is 0. The molecule has 0 aliphatic carbocycles. The zero-order valence-corrected chi connectivity index (χ0v) is 18.6. The van der Waals surface area contributed by atoms with E-state index in [1.165, 1.54) is 0 Å². The number of thiophene rings is 1. The van der Waals surface area contributed by atoms with Crippen LogP contribution in [0.25, 0.3) is 0 Å². The third-order valence-corrected chi connectivity index (χ3v) is 6.96. The topological polar surface area (TPSA) is 44.8 Å². The van der Waals surface area contributed by atoms with E-state index in [1.54, 1.807) is 11.3 Å². The first-order valence-corrected chi connectivity index (χ1v) is 11.1. The molecule has 0 spiro atoms.